The van der Waals surface area contributed by atoms with Crippen LogP contribution >= 0.6 is 15.9 Å². The molecule has 0 fully saturated rings. The number of H-pyrrole nitrogens is 1. The van der Waals surface area contributed by atoms with Gasteiger partial charge in [0.05, 0.1) is 17.6 Å². The molecule has 26 heavy (non-hydrogen) atoms. The molecule has 0 spiro atoms. The van der Waals surface area contributed by atoms with E-state index in [0.29, 0.717) is 11.4 Å². The highest BCUT2D eigenvalue weighted by atomic mass is 79.9. The predicted octanol–water partition coefficient (Wildman–Crippen LogP) is 2.75. The van der Waals surface area contributed by atoms with Gasteiger partial charge in [-0.05, 0) is 43.3 Å². The molecule has 0 saturated carbocycles. The number of hydrogen-bond donors (Lipinski definition) is 3. The van der Waals surface area contributed by atoms with Crippen molar-refractivity contribution < 1.29 is 5.11 Å². The molecule has 0 aliphatic rings. The number of halogens is 1. The van der Waals surface area contributed by atoms with E-state index in [1.165, 1.54) is 6.21 Å². The van der Waals surface area contributed by atoms with E-state index in [-0.39, 0.29) is 5.56 Å². The standard InChI is InChI=1S/C18H15BrN4O3/c1-11-2-8-14(9-3-11)23-17(25)15(16(24)21-18(23)26)10-20-22-13-6-4-12(19)5-7-13/h2-10,22,25H,1H3,(H,21,24,26). The van der Waals surface area contributed by atoms with Gasteiger partial charge in [-0.2, -0.15) is 5.10 Å². The van der Waals surface area contributed by atoms with E-state index in [1.807, 2.05) is 19.1 Å². The van der Waals surface area contributed by atoms with Gasteiger partial charge in [0.25, 0.3) is 5.56 Å². The van der Waals surface area contributed by atoms with E-state index in [2.05, 4.69) is 31.4 Å². The first-order chi connectivity index (χ1) is 12.5. The van der Waals surface area contributed by atoms with Crippen LogP contribution in [0.5, 0.6) is 5.88 Å². The maximum absolute atomic E-state index is 12.1. The number of aromatic hydroxyl groups is 1. The van der Waals surface area contributed by atoms with E-state index in [1.54, 1.807) is 36.4 Å². The highest BCUT2D eigenvalue weighted by molar-refractivity contribution is 9.10. The Balaban J connectivity index is 1.97. The molecule has 0 amide bonds. The van der Waals surface area contributed by atoms with Crippen LogP contribution in [-0.2, 0) is 0 Å². The van der Waals surface area contributed by atoms with Crippen molar-refractivity contribution in [3.8, 4) is 11.6 Å². The molecule has 0 unspecified atom stereocenters. The van der Waals surface area contributed by atoms with Crippen molar-refractivity contribution in [3.05, 3.63) is 85.0 Å². The van der Waals surface area contributed by atoms with Gasteiger partial charge < -0.3 is 5.11 Å². The summed E-state index contributed by atoms with van der Waals surface area (Å²) in [5, 5.41) is 14.4. The molecule has 7 nitrogen and oxygen atoms in total. The lowest BCUT2D eigenvalue weighted by atomic mass is 10.2. The van der Waals surface area contributed by atoms with Gasteiger partial charge in [0.15, 0.2) is 0 Å². The molecule has 0 aliphatic carbocycles. The summed E-state index contributed by atoms with van der Waals surface area (Å²) in [6.45, 7) is 1.91. The third kappa shape index (κ3) is 3.75. The SMILES string of the molecule is Cc1ccc(-n2c(O)c(C=NNc3ccc(Br)cc3)c(=O)[nH]c2=O)cc1. The third-order valence-electron chi connectivity index (χ3n) is 3.64. The van der Waals surface area contributed by atoms with E-state index in [4.69, 9.17) is 0 Å². The van der Waals surface area contributed by atoms with Gasteiger partial charge in [-0.25, -0.2) is 9.36 Å². The first-order valence-electron chi connectivity index (χ1n) is 7.65. The van der Waals surface area contributed by atoms with Crippen LogP contribution in [0.3, 0.4) is 0 Å². The number of hydrazone groups is 1. The Kier molecular flexibility index (Phi) is 5.04. The van der Waals surface area contributed by atoms with Crippen molar-refractivity contribution in [3.63, 3.8) is 0 Å². The Hall–Kier alpha value is -3.13. The number of aryl methyl sites for hydroxylation is 1. The van der Waals surface area contributed by atoms with Crippen LogP contribution in [0.15, 0.2) is 67.7 Å². The Morgan fingerprint density at radius 3 is 2.42 bits per heavy atom. The molecule has 0 radical (unpaired) electrons. The first-order valence-corrected chi connectivity index (χ1v) is 8.45. The average Bonchev–Trinajstić information content (AvgIpc) is 2.61. The molecule has 2 aromatic carbocycles. The fourth-order valence-electron chi connectivity index (χ4n) is 2.28. The smallest absolute Gasteiger partial charge is 0.335 e. The first kappa shape index (κ1) is 17.7. The molecule has 3 N–H and O–H groups in total. The Bertz CT molecular complexity index is 1070. The maximum Gasteiger partial charge on any atom is 0.335 e. The topological polar surface area (TPSA) is 99.5 Å². The Morgan fingerprint density at radius 1 is 1.12 bits per heavy atom. The largest absolute Gasteiger partial charge is 0.493 e. The molecule has 0 aliphatic heterocycles. The van der Waals surface area contributed by atoms with Crippen LogP contribution in [0, 0.1) is 6.92 Å². The zero-order valence-electron chi connectivity index (χ0n) is 13.7. The number of anilines is 1. The quantitative estimate of drug-likeness (QED) is 0.451. The van der Waals surface area contributed by atoms with Crippen LogP contribution in [0.1, 0.15) is 11.1 Å². The van der Waals surface area contributed by atoms with E-state index < -0.39 is 17.1 Å². The van der Waals surface area contributed by atoms with Crippen molar-refractivity contribution in [2.75, 3.05) is 5.43 Å². The van der Waals surface area contributed by atoms with Crippen molar-refractivity contribution in [2.45, 2.75) is 6.92 Å². The van der Waals surface area contributed by atoms with Crippen molar-refractivity contribution in [1.82, 2.24) is 9.55 Å². The predicted molar refractivity (Wildman–Crippen MR) is 104 cm³/mol. The summed E-state index contributed by atoms with van der Waals surface area (Å²) < 4.78 is 1.94. The van der Waals surface area contributed by atoms with Crippen LogP contribution in [-0.4, -0.2) is 20.9 Å². The molecule has 0 bridgehead atoms. The second-order valence-electron chi connectivity index (χ2n) is 5.54. The monoisotopic (exact) mass is 414 g/mol. The summed E-state index contributed by atoms with van der Waals surface area (Å²) in [7, 11) is 0. The van der Waals surface area contributed by atoms with Gasteiger partial charge in [-0.1, -0.05) is 33.6 Å². The van der Waals surface area contributed by atoms with Gasteiger partial charge >= 0.3 is 5.69 Å². The molecule has 1 aromatic heterocycles. The summed E-state index contributed by atoms with van der Waals surface area (Å²) in [6.07, 6.45) is 1.17. The van der Waals surface area contributed by atoms with Crippen LogP contribution in [0.4, 0.5) is 5.69 Å². The normalized spacial score (nSPS) is 11.0. The fourth-order valence-corrected chi connectivity index (χ4v) is 2.55. The van der Waals surface area contributed by atoms with E-state index >= 15 is 0 Å². The van der Waals surface area contributed by atoms with Crippen molar-refractivity contribution in [1.29, 1.82) is 0 Å². The number of nitrogens with one attached hydrogen (secondary N) is 2. The Labute approximate surface area is 156 Å². The van der Waals surface area contributed by atoms with Crippen LogP contribution in [0.2, 0.25) is 0 Å². The molecule has 3 rings (SSSR count). The number of aromatic nitrogens is 2. The molecule has 1 heterocycles. The molecule has 0 atom stereocenters. The summed E-state index contributed by atoms with van der Waals surface area (Å²) >= 11 is 3.33. The van der Waals surface area contributed by atoms with Gasteiger partial charge in [0, 0.05) is 4.47 Å². The van der Waals surface area contributed by atoms with Gasteiger partial charge in [0.2, 0.25) is 5.88 Å². The molecule has 0 saturated heterocycles. The average molecular weight is 415 g/mol. The number of hydrogen-bond acceptors (Lipinski definition) is 5. The lowest BCUT2D eigenvalue weighted by Crippen LogP contribution is -2.31. The van der Waals surface area contributed by atoms with Crippen LogP contribution < -0.4 is 16.7 Å². The maximum atomic E-state index is 12.1. The second kappa shape index (κ2) is 7.40. The minimum atomic E-state index is -0.727. The van der Waals surface area contributed by atoms with Gasteiger partial charge in [-0.3, -0.25) is 15.2 Å². The third-order valence-corrected chi connectivity index (χ3v) is 4.17. The van der Waals surface area contributed by atoms with Crippen LogP contribution in [0.25, 0.3) is 5.69 Å². The van der Waals surface area contributed by atoms with Gasteiger partial charge in [-0.15, -0.1) is 0 Å². The minimum absolute atomic E-state index is 0.130. The van der Waals surface area contributed by atoms with Crippen molar-refractivity contribution in [2.24, 2.45) is 5.10 Å². The summed E-state index contributed by atoms with van der Waals surface area (Å²) in [5.74, 6) is -0.482. The lowest BCUT2D eigenvalue weighted by molar-refractivity contribution is 0.430. The second-order valence-corrected chi connectivity index (χ2v) is 6.46. The number of rotatable bonds is 4. The molecule has 3 aromatic rings. The molecule has 132 valence electrons. The zero-order chi connectivity index (χ0) is 18.7. The number of aromatic amines is 1. The Morgan fingerprint density at radius 2 is 1.77 bits per heavy atom. The lowest BCUT2D eigenvalue weighted by Gasteiger charge is -2.09. The van der Waals surface area contributed by atoms with E-state index in [9.17, 15) is 14.7 Å². The summed E-state index contributed by atoms with van der Waals surface area (Å²) in [5.41, 5.74) is 3.31. The molecular weight excluding hydrogens is 400 g/mol. The molecule has 8 heteroatoms. The fraction of sp³-hybridized carbons (Fsp3) is 0.0556. The summed E-state index contributed by atoms with van der Waals surface area (Å²) in [6, 6.07) is 14.2. The minimum Gasteiger partial charge on any atom is -0.493 e. The van der Waals surface area contributed by atoms with Gasteiger partial charge in [0.1, 0.15) is 5.56 Å². The molecular formula is C18H15BrN4O3. The van der Waals surface area contributed by atoms with Crippen molar-refractivity contribution >= 4 is 27.8 Å². The number of nitrogens with zero attached hydrogens (tertiary/aromatic N) is 2. The highest BCUT2D eigenvalue weighted by Gasteiger charge is 2.14. The zero-order valence-corrected chi connectivity index (χ0v) is 15.3. The highest BCUT2D eigenvalue weighted by Crippen LogP contribution is 2.16. The number of benzene rings is 2. The van der Waals surface area contributed by atoms with E-state index in [0.717, 1.165) is 14.6 Å². The summed E-state index contributed by atoms with van der Waals surface area (Å²) in [4.78, 5) is 26.3.